The van der Waals surface area contributed by atoms with Crippen molar-refractivity contribution in [1.29, 1.82) is 0 Å². The molecule has 0 unspecified atom stereocenters. The summed E-state index contributed by atoms with van der Waals surface area (Å²) in [6, 6.07) is 1.49. The van der Waals surface area contributed by atoms with Gasteiger partial charge >= 0.3 is 5.97 Å². The molecule has 0 atom stereocenters. The minimum absolute atomic E-state index is 0.194. The monoisotopic (exact) mass is 209 g/mol. The molecule has 15 heavy (non-hydrogen) atoms. The average Bonchev–Trinajstić information content (AvgIpc) is 2.23. The van der Waals surface area contributed by atoms with Crippen LogP contribution in [0.3, 0.4) is 0 Å². The number of esters is 1. The Hall–Kier alpha value is -1.53. The summed E-state index contributed by atoms with van der Waals surface area (Å²) in [6.07, 6.45) is 2.49. The van der Waals surface area contributed by atoms with Crippen molar-refractivity contribution >= 4 is 5.97 Å². The van der Waals surface area contributed by atoms with Gasteiger partial charge in [0.2, 0.25) is 0 Å². The highest BCUT2D eigenvalue weighted by Gasteiger charge is 2.25. The molecule has 0 saturated carbocycles. The van der Waals surface area contributed by atoms with Gasteiger partial charge in [0.15, 0.2) is 5.69 Å². The van der Waals surface area contributed by atoms with Crippen LogP contribution in [0.1, 0.15) is 10.5 Å². The summed E-state index contributed by atoms with van der Waals surface area (Å²) in [5.74, 6) is -0.473. The third-order valence-corrected chi connectivity index (χ3v) is 2.11. The zero-order chi connectivity index (χ0) is 10.7. The summed E-state index contributed by atoms with van der Waals surface area (Å²) in [5, 5.41) is 9.00. The maximum absolute atomic E-state index is 11.4. The number of carbonyl (C=O) groups is 1. The van der Waals surface area contributed by atoms with Gasteiger partial charge in [0.25, 0.3) is 0 Å². The van der Waals surface area contributed by atoms with Crippen molar-refractivity contribution in [2.75, 3.05) is 19.8 Å². The third-order valence-electron chi connectivity index (χ3n) is 2.11. The Labute approximate surface area is 86.5 Å². The molecule has 1 fully saturated rings. The van der Waals surface area contributed by atoms with Crippen LogP contribution in [0.25, 0.3) is 0 Å². The second kappa shape index (κ2) is 4.33. The highest BCUT2D eigenvalue weighted by Crippen LogP contribution is 2.07. The lowest BCUT2D eigenvalue weighted by molar-refractivity contribution is -0.0549. The van der Waals surface area contributed by atoms with Crippen molar-refractivity contribution in [2.24, 2.45) is 0 Å². The average molecular weight is 209 g/mol. The maximum atomic E-state index is 11.4. The molecule has 6 nitrogen and oxygen atoms in total. The van der Waals surface area contributed by atoms with Crippen LogP contribution in [0.2, 0.25) is 0 Å². The lowest BCUT2D eigenvalue weighted by Gasteiger charge is -2.34. The summed E-state index contributed by atoms with van der Waals surface area (Å²) in [6.45, 7) is 1.30. The molecular formula is C9H11N3O3. The van der Waals surface area contributed by atoms with Crippen molar-refractivity contribution in [3.05, 3.63) is 24.3 Å². The van der Waals surface area contributed by atoms with Gasteiger partial charge in [-0.15, -0.1) is 0 Å². The first kappa shape index (κ1) is 10.0. The van der Waals surface area contributed by atoms with Crippen LogP contribution >= 0.6 is 0 Å². The van der Waals surface area contributed by atoms with E-state index >= 15 is 0 Å². The molecule has 0 bridgehead atoms. The molecule has 1 N–H and O–H groups in total. The summed E-state index contributed by atoms with van der Waals surface area (Å²) in [5.41, 5.74) is 0.242. The van der Waals surface area contributed by atoms with Gasteiger partial charge in [0, 0.05) is 19.3 Å². The standard InChI is InChI=1S/C9H11N3O3/c13-7-3-12(4-7)6-15-9(14)8-1-2-10-5-11-8/h1-2,5,7,13H,3-4,6H2. The maximum Gasteiger partial charge on any atom is 0.358 e. The Morgan fingerprint density at radius 3 is 3.07 bits per heavy atom. The number of likely N-dealkylation sites (tertiary alicyclic amines) is 1. The molecule has 1 saturated heterocycles. The quantitative estimate of drug-likeness (QED) is 0.661. The fraction of sp³-hybridized carbons (Fsp3) is 0.444. The first-order valence-corrected chi connectivity index (χ1v) is 4.59. The number of nitrogens with zero attached hydrogens (tertiary/aromatic N) is 3. The van der Waals surface area contributed by atoms with Crippen LogP contribution < -0.4 is 0 Å². The van der Waals surface area contributed by atoms with E-state index < -0.39 is 5.97 Å². The van der Waals surface area contributed by atoms with Crippen molar-refractivity contribution in [2.45, 2.75) is 6.10 Å². The van der Waals surface area contributed by atoms with Crippen LogP contribution in [0.15, 0.2) is 18.6 Å². The molecule has 2 heterocycles. The minimum atomic E-state index is -0.473. The zero-order valence-electron chi connectivity index (χ0n) is 8.04. The number of hydrogen-bond donors (Lipinski definition) is 1. The van der Waals surface area contributed by atoms with E-state index in [0.717, 1.165) is 0 Å². The molecule has 80 valence electrons. The van der Waals surface area contributed by atoms with E-state index in [0.29, 0.717) is 13.1 Å². The molecule has 0 aromatic carbocycles. The van der Waals surface area contributed by atoms with Crippen LogP contribution in [0, 0.1) is 0 Å². The molecule has 2 rings (SSSR count). The van der Waals surface area contributed by atoms with Crippen molar-refractivity contribution < 1.29 is 14.6 Å². The van der Waals surface area contributed by atoms with Gasteiger partial charge < -0.3 is 9.84 Å². The van der Waals surface area contributed by atoms with Crippen molar-refractivity contribution in [1.82, 2.24) is 14.9 Å². The van der Waals surface area contributed by atoms with Crippen LogP contribution in [-0.4, -0.2) is 51.9 Å². The summed E-state index contributed by atoms with van der Waals surface area (Å²) < 4.78 is 4.97. The molecule has 1 aromatic rings. The number of hydrogen-bond acceptors (Lipinski definition) is 6. The van der Waals surface area contributed by atoms with E-state index in [4.69, 9.17) is 9.84 Å². The predicted molar refractivity (Wildman–Crippen MR) is 49.9 cm³/mol. The second-order valence-electron chi connectivity index (χ2n) is 3.35. The summed E-state index contributed by atoms with van der Waals surface area (Å²) >= 11 is 0. The molecule has 1 aliphatic heterocycles. The number of carbonyl (C=O) groups excluding carboxylic acids is 1. The molecule has 0 spiro atoms. The van der Waals surface area contributed by atoms with Crippen LogP contribution in [0.4, 0.5) is 0 Å². The van der Waals surface area contributed by atoms with Crippen molar-refractivity contribution in [3.8, 4) is 0 Å². The molecule has 6 heteroatoms. The fourth-order valence-corrected chi connectivity index (χ4v) is 1.28. The summed E-state index contributed by atoms with van der Waals surface area (Å²) in [4.78, 5) is 20.7. The van der Waals surface area contributed by atoms with E-state index in [1.54, 1.807) is 0 Å². The minimum Gasteiger partial charge on any atom is -0.445 e. The highest BCUT2D eigenvalue weighted by atomic mass is 16.5. The fourth-order valence-electron chi connectivity index (χ4n) is 1.28. The Kier molecular flexibility index (Phi) is 2.89. The Bertz CT molecular complexity index is 338. The van der Waals surface area contributed by atoms with E-state index in [-0.39, 0.29) is 18.5 Å². The first-order valence-electron chi connectivity index (χ1n) is 4.59. The number of β-amino-alcohol motifs (C(OH)–C–C–N with tert-alkyl or cyclic N) is 1. The topological polar surface area (TPSA) is 75.5 Å². The van der Waals surface area contributed by atoms with Gasteiger partial charge in [0.1, 0.15) is 13.1 Å². The predicted octanol–water partition coefficient (Wildman–Crippen LogP) is -0.733. The van der Waals surface area contributed by atoms with Crippen LogP contribution in [-0.2, 0) is 4.74 Å². The molecule has 1 aliphatic rings. The van der Waals surface area contributed by atoms with Crippen molar-refractivity contribution in [3.63, 3.8) is 0 Å². The molecule has 1 aromatic heterocycles. The summed E-state index contributed by atoms with van der Waals surface area (Å²) in [7, 11) is 0. The number of rotatable bonds is 3. The number of aliphatic hydroxyl groups excluding tert-OH is 1. The highest BCUT2D eigenvalue weighted by molar-refractivity contribution is 5.86. The zero-order valence-corrected chi connectivity index (χ0v) is 8.04. The Balaban J connectivity index is 1.78. The van der Waals surface area contributed by atoms with Gasteiger partial charge in [-0.3, -0.25) is 4.90 Å². The molecule has 0 amide bonds. The SMILES string of the molecule is O=C(OCN1CC(O)C1)c1ccncn1. The van der Waals surface area contributed by atoms with Gasteiger partial charge in [-0.2, -0.15) is 0 Å². The van der Waals surface area contributed by atoms with E-state index in [9.17, 15) is 4.79 Å². The third kappa shape index (κ3) is 2.48. The first-order chi connectivity index (χ1) is 7.25. The van der Waals surface area contributed by atoms with E-state index in [2.05, 4.69) is 9.97 Å². The lowest BCUT2D eigenvalue weighted by Crippen LogP contribution is -2.51. The Morgan fingerprint density at radius 1 is 1.67 bits per heavy atom. The smallest absolute Gasteiger partial charge is 0.358 e. The molecular weight excluding hydrogens is 198 g/mol. The number of ether oxygens (including phenoxy) is 1. The number of aliphatic hydroxyl groups is 1. The van der Waals surface area contributed by atoms with Gasteiger partial charge in [0.05, 0.1) is 6.10 Å². The number of aromatic nitrogens is 2. The normalized spacial score (nSPS) is 17.1. The van der Waals surface area contributed by atoms with Gasteiger partial charge in [-0.1, -0.05) is 0 Å². The second-order valence-corrected chi connectivity index (χ2v) is 3.35. The lowest BCUT2D eigenvalue weighted by atomic mass is 10.2. The largest absolute Gasteiger partial charge is 0.445 e. The van der Waals surface area contributed by atoms with E-state index in [1.807, 2.05) is 4.90 Å². The van der Waals surface area contributed by atoms with E-state index in [1.165, 1.54) is 18.6 Å². The van der Waals surface area contributed by atoms with Gasteiger partial charge in [-0.25, -0.2) is 14.8 Å². The van der Waals surface area contributed by atoms with Gasteiger partial charge in [-0.05, 0) is 6.07 Å². The Morgan fingerprint density at radius 2 is 2.47 bits per heavy atom. The molecule has 0 aliphatic carbocycles. The molecule has 0 radical (unpaired) electrons. The van der Waals surface area contributed by atoms with Crippen LogP contribution in [0.5, 0.6) is 0 Å².